The van der Waals surface area contributed by atoms with Gasteiger partial charge >= 0.3 is 0 Å². The van der Waals surface area contributed by atoms with Gasteiger partial charge in [0.1, 0.15) is 0 Å². The van der Waals surface area contributed by atoms with Gasteiger partial charge in [-0.25, -0.2) is 4.68 Å². The molecule has 0 aliphatic carbocycles. The molecule has 3 rings (SSSR count). The van der Waals surface area contributed by atoms with E-state index >= 15 is 0 Å². The number of rotatable bonds is 5. The third kappa shape index (κ3) is 3.60. The van der Waals surface area contributed by atoms with Gasteiger partial charge in [-0.05, 0) is 57.6 Å². The SMILES string of the molecule is CCN1CCC(NCc2c(C)nn(-c3ccc(Cl)cc3)c2C)C1. The summed E-state index contributed by atoms with van der Waals surface area (Å²) in [7, 11) is 0. The molecule has 23 heavy (non-hydrogen) atoms. The summed E-state index contributed by atoms with van der Waals surface area (Å²) in [6.45, 7) is 10.8. The van der Waals surface area contributed by atoms with E-state index in [0.29, 0.717) is 6.04 Å². The van der Waals surface area contributed by atoms with E-state index in [1.54, 1.807) is 0 Å². The molecule has 2 heterocycles. The van der Waals surface area contributed by atoms with Crippen LogP contribution in [0.2, 0.25) is 5.02 Å². The lowest BCUT2D eigenvalue weighted by atomic mass is 10.1. The van der Waals surface area contributed by atoms with Crippen molar-refractivity contribution in [2.24, 2.45) is 0 Å². The smallest absolute Gasteiger partial charge is 0.0649 e. The van der Waals surface area contributed by atoms with E-state index in [9.17, 15) is 0 Å². The van der Waals surface area contributed by atoms with Crippen LogP contribution in [0.4, 0.5) is 0 Å². The fourth-order valence-corrected chi connectivity index (χ4v) is 3.42. The Morgan fingerprint density at radius 1 is 1.26 bits per heavy atom. The Hall–Kier alpha value is -1.36. The van der Waals surface area contributed by atoms with Crippen molar-refractivity contribution < 1.29 is 0 Å². The maximum atomic E-state index is 5.98. The molecule has 0 bridgehead atoms. The molecular weight excluding hydrogens is 308 g/mol. The molecule has 124 valence electrons. The fraction of sp³-hybridized carbons (Fsp3) is 0.500. The van der Waals surface area contributed by atoms with Crippen molar-refractivity contribution in [1.82, 2.24) is 20.0 Å². The maximum absolute atomic E-state index is 5.98. The van der Waals surface area contributed by atoms with Gasteiger partial charge in [-0.1, -0.05) is 18.5 Å². The minimum absolute atomic E-state index is 0.590. The van der Waals surface area contributed by atoms with Gasteiger partial charge in [0.2, 0.25) is 0 Å². The molecule has 4 nitrogen and oxygen atoms in total. The summed E-state index contributed by atoms with van der Waals surface area (Å²) in [6, 6.07) is 8.42. The Morgan fingerprint density at radius 3 is 2.65 bits per heavy atom. The van der Waals surface area contributed by atoms with Crippen LogP contribution in [-0.2, 0) is 6.54 Å². The lowest BCUT2D eigenvalue weighted by Crippen LogP contribution is -2.32. The van der Waals surface area contributed by atoms with Crippen molar-refractivity contribution in [2.45, 2.75) is 39.8 Å². The molecular formula is C18H25ClN4. The van der Waals surface area contributed by atoms with Gasteiger partial charge in [0, 0.05) is 35.4 Å². The molecule has 0 saturated carbocycles. The Kier molecular flexibility index (Phi) is 5.05. The van der Waals surface area contributed by atoms with Crippen molar-refractivity contribution >= 4 is 11.6 Å². The molecule has 0 spiro atoms. The molecule has 1 unspecified atom stereocenters. The molecule has 1 saturated heterocycles. The zero-order valence-electron chi connectivity index (χ0n) is 14.1. The molecule has 1 fully saturated rings. The lowest BCUT2D eigenvalue weighted by Gasteiger charge is -2.14. The van der Waals surface area contributed by atoms with E-state index in [-0.39, 0.29) is 0 Å². The van der Waals surface area contributed by atoms with Gasteiger partial charge in [-0.15, -0.1) is 0 Å². The monoisotopic (exact) mass is 332 g/mol. The predicted molar refractivity (Wildman–Crippen MR) is 95.4 cm³/mol. The zero-order valence-corrected chi connectivity index (χ0v) is 14.9. The summed E-state index contributed by atoms with van der Waals surface area (Å²) in [4.78, 5) is 2.49. The summed E-state index contributed by atoms with van der Waals surface area (Å²) in [5.41, 5.74) is 4.65. The van der Waals surface area contributed by atoms with E-state index in [1.165, 1.54) is 24.2 Å². The first-order valence-corrected chi connectivity index (χ1v) is 8.73. The minimum Gasteiger partial charge on any atom is -0.308 e. The first-order valence-electron chi connectivity index (χ1n) is 8.35. The van der Waals surface area contributed by atoms with Gasteiger partial charge in [-0.2, -0.15) is 5.10 Å². The number of likely N-dealkylation sites (tertiary alicyclic amines) is 1. The third-order valence-electron chi connectivity index (χ3n) is 4.80. The minimum atomic E-state index is 0.590. The molecule has 1 atom stereocenters. The molecule has 1 aliphatic rings. The molecule has 1 aliphatic heterocycles. The Morgan fingerprint density at radius 2 is 2.00 bits per heavy atom. The second kappa shape index (κ2) is 7.04. The van der Waals surface area contributed by atoms with Gasteiger partial charge in [-0.3, -0.25) is 0 Å². The fourth-order valence-electron chi connectivity index (χ4n) is 3.30. The molecule has 1 aromatic heterocycles. The molecule has 0 radical (unpaired) electrons. The van der Waals surface area contributed by atoms with Crippen LogP contribution in [0.1, 0.15) is 30.3 Å². The van der Waals surface area contributed by atoms with Crippen LogP contribution in [0.5, 0.6) is 0 Å². The summed E-state index contributed by atoms with van der Waals surface area (Å²) in [6.07, 6.45) is 1.23. The summed E-state index contributed by atoms with van der Waals surface area (Å²) in [5, 5.41) is 9.16. The summed E-state index contributed by atoms with van der Waals surface area (Å²) in [5.74, 6) is 0. The molecule has 2 aromatic rings. The predicted octanol–water partition coefficient (Wildman–Crippen LogP) is 3.33. The van der Waals surface area contributed by atoms with Crippen LogP contribution in [0.3, 0.4) is 0 Å². The highest BCUT2D eigenvalue weighted by Crippen LogP contribution is 2.20. The number of hydrogen-bond acceptors (Lipinski definition) is 3. The number of aryl methyl sites for hydroxylation is 1. The molecule has 0 amide bonds. The van der Waals surface area contributed by atoms with E-state index in [2.05, 4.69) is 31.0 Å². The van der Waals surface area contributed by atoms with Crippen LogP contribution in [-0.4, -0.2) is 40.4 Å². The topological polar surface area (TPSA) is 33.1 Å². The molecule has 1 N–H and O–H groups in total. The Labute approximate surface area is 143 Å². The van der Waals surface area contributed by atoms with Gasteiger partial charge in [0.25, 0.3) is 0 Å². The first-order chi connectivity index (χ1) is 11.1. The Bertz CT molecular complexity index is 662. The van der Waals surface area contributed by atoms with E-state index in [0.717, 1.165) is 36.0 Å². The molecule has 1 aromatic carbocycles. The number of halogens is 1. The average molecular weight is 333 g/mol. The van der Waals surface area contributed by atoms with Crippen LogP contribution in [0.25, 0.3) is 5.69 Å². The number of nitrogens with one attached hydrogen (secondary N) is 1. The quantitative estimate of drug-likeness (QED) is 0.911. The van der Waals surface area contributed by atoms with Gasteiger partial charge in [0.05, 0.1) is 11.4 Å². The number of hydrogen-bond donors (Lipinski definition) is 1. The van der Waals surface area contributed by atoms with Crippen LogP contribution < -0.4 is 5.32 Å². The summed E-state index contributed by atoms with van der Waals surface area (Å²) < 4.78 is 2.01. The van der Waals surface area contributed by atoms with Gasteiger partial charge in [0.15, 0.2) is 0 Å². The van der Waals surface area contributed by atoms with Crippen LogP contribution >= 0.6 is 11.6 Å². The highest BCUT2D eigenvalue weighted by atomic mass is 35.5. The summed E-state index contributed by atoms with van der Waals surface area (Å²) >= 11 is 5.98. The van der Waals surface area contributed by atoms with E-state index in [4.69, 9.17) is 16.7 Å². The molecule has 5 heteroatoms. The lowest BCUT2D eigenvalue weighted by molar-refractivity contribution is 0.345. The largest absolute Gasteiger partial charge is 0.308 e. The van der Waals surface area contributed by atoms with Crippen LogP contribution in [0, 0.1) is 13.8 Å². The zero-order chi connectivity index (χ0) is 16.4. The van der Waals surface area contributed by atoms with Crippen molar-refractivity contribution in [3.8, 4) is 5.69 Å². The van der Waals surface area contributed by atoms with Crippen molar-refractivity contribution in [3.63, 3.8) is 0 Å². The maximum Gasteiger partial charge on any atom is 0.0649 e. The van der Waals surface area contributed by atoms with E-state index in [1.807, 2.05) is 28.9 Å². The van der Waals surface area contributed by atoms with Crippen LogP contribution in [0.15, 0.2) is 24.3 Å². The number of nitrogens with zero attached hydrogens (tertiary/aromatic N) is 3. The second-order valence-electron chi connectivity index (χ2n) is 6.30. The normalized spacial score (nSPS) is 18.7. The number of likely N-dealkylation sites (N-methyl/N-ethyl adjacent to an activating group) is 1. The van der Waals surface area contributed by atoms with Crippen molar-refractivity contribution in [2.75, 3.05) is 19.6 Å². The highest BCUT2D eigenvalue weighted by Gasteiger charge is 2.21. The first kappa shape index (κ1) is 16.5. The second-order valence-corrected chi connectivity index (χ2v) is 6.73. The van der Waals surface area contributed by atoms with Gasteiger partial charge < -0.3 is 10.2 Å². The number of benzene rings is 1. The van der Waals surface area contributed by atoms with Crippen molar-refractivity contribution in [3.05, 3.63) is 46.2 Å². The van der Waals surface area contributed by atoms with Crippen molar-refractivity contribution in [1.29, 1.82) is 0 Å². The number of aromatic nitrogens is 2. The standard InChI is InChI=1S/C18H25ClN4/c1-4-22-10-9-16(12-22)20-11-18-13(2)21-23(14(18)3)17-7-5-15(19)6-8-17/h5-8,16,20H,4,9-12H2,1-3H3. The third-order valence-corrected chi connectivity index (χ3v) is 5.05. The Balaban J connectivity index is 1.72. The average Bonchev–Trinajstić information content (AvgIpc) is 3.11. The highest BCUT2D eigenvalue weighted by molar-refractivity contribution is 6.30. The van der Waals surface area contributed by atoms with E-state index < -0.39 is 0 Å².